The second-order valence-corrected chi connectivity index (χ2v) is 8.86. The van der Waals surface area contributed by atoms with Crippen LogP contribution >= 0.6 is 11.6 Å². The number of hydrogen-bond donors (Lipinski definition) is 1. The van der Waals surface area contributed by atoms with Gasteiger partial charge in [-0.1, -0.05) is 23.7 Å². The molecule has 0 saturated carbocycles. The van der Waals surface area contributed by atoms with Crippen LogP contribution in [0.5, 0.6) is 0 Å². The van der Waals surface area contributed by atoms with Crippen LogP contribution in [0.25, 0.3) is 11.3 Å². The van der Waals surface area contributed by atoms with Crippen LogP contribution in [0, 0.1) is 5.92 Å². The Kier molecular flexibility index (Phi) is 6.82. The van der Waals surface area contributed by atoms with Gasteiger partial charge in [0, 0.05) is 42.8 Å². The van der Waals surface area contributed by atoms with Gasteiger partial charge < -0.3 is 19.9 Å². The largest absolute Gasteiger partial charge is 0.378 e. The number of hydrogen-bond acceptors (Lipinski definition) is 8. The standard InChI is InChI=1S/C24H26ClN7O2/c25-19-5-3-17(4-6-19)20-7-8-22(30-29-20)32-9-1-2-18(15-32)24(33)28-21-14-23(27-16-26-21)31-10-12-34-13-11-31/h3-8,14,16,18H,1-2,9-13,15H2,(H,26,27,28,33). The molecule has 9 nitrogen and oxygen atoms in total. The number of benzene rings is 1. The Morgan fingerprint density at radius 1 is 0.971 bits per heavy atom. The number of anilines is 3. The van der Waals surface area contributed by atoms with E-state index < -0.39 is 0 Å². The molecule has 176 valence electrons. The molecule has 0 aliphatic carbocycles. The molecule has 0 bridgehead atoms. The van der Waals surface area contributed by atoms with Crippen LogP contribution in [0.2, 0.25) is 5.02 Å². The number of halogens is 1. The maximum absolute atomic E-state index is 13.0. The van der Waals surface area contributed by atoms with E-state index in [4.69, 9.17) is 16.3 Å². The lowest BCUT2D eigenvalue weighted by molar-refractivity contribution is -0.120. The van der Waals surface area contributed by atoms with Crippen molar-refractivity contribution in [3.8, 4) is 11.3 Å². The third-order valence-electron chi connectivity index (χ3n) is 6.15. The van der Waals surface area contributed by atoms with E-state index in [1.807, 2.05) is 42.5 Å². The molecule has 2 fully saturated rings. The summed E-state index contributed by atoms with van der Waals surface area (Å²) in [5.41, 5.74) is 1.74. The van der Waals surface area contributed by atoms with Gasteiger partial charge in [-0.15, -0.1) is 10.2 Å². The third-order valence-corrected chi connectivity index (χ3v) is 6.40. The molecule has 1 unspecified atom stereocenters. The molecular formula is C24H26ClN7O2. The van der Waals surface area contributed by atoms with E-state index in [1.54, 1.807) is 0 Å². The highest BCUT2D eigenvalue weighted by Crippen LogP contribution is 2.25. The van der Waals surface area contributed by atoms with Crippen molar-refractivity contribution in [3.05, 3.63) is 53.8 Å². The van der Waals surface area contributed by atoms with Crippen molar-refractivity contribution in [2.24, 2.45) is 5.92 Å². The lowest BCUT2D eigenvalue weighted by atomic mass is 9.97. The fourth-order valence-electron chi connectivity index (χ4n) is 4.28. The average Bonchev–Trinajstić information content (AvgIpc) is 2.90. The fourth-order valence-corrected chi connectivity index (χ4v) is 4.40. The predicted octanol–water partition coefficient (Wildman–Crippen LogP) is 3.28. The van der Waals surface area contributed by atoms with Gasteiger partial charge in [-0.05, 0) is 37.1 Å². The Labute approximate surface area is 203 Å². The van der Waals surface area contributed by atoms with Crippen LogP contribution in [0.15, 0.2) is 48.8 Å². The summed E-state index contributed by atoms with van der Waals surface area (Å²) in [6.07, 6.45) is 3.22. The summed E-state index contributed by atoms with van der Waals surface area (Å²) in [4.78, 5) is 25.9. The molecule has 34 heavy (non-hydrogen) atoms. The summed E-state index contributed by atoms with van der Waals surface area (Å²) in [6.45, 7) is 4.33. The van der Waals surface area contributed by atoms with E-state index in [0.717, 1.165) is 55.4 Å². The summed E-state index contributed by atoms with van der Waals surface area (Å²) in [6, 6.07) is 13.2. The summed E-state index contributed by atoms with van der Waals surface area (Å²) < 4.78 is 5.40. The first-order valence-electron chi connectivity index (χ1n) is 11.5. The van der Waals surface area contributed by atoms with Crippen LogP contribution in [0.4, 0.5) is 17.5 Å². The van der Waals surface area contributed by atoms with Gasteiger partial charge >= 0.3 is 0 Å². The molecule has 2 aliphatic heterocycles. The van der Waals surface area contributed by atoms with Crippen molar-refractivity contribution in [3.63, 3.8) is 0 Å². The van der Waals surface area contributed by atoms with E-state index in [9.17, 15) is 4.79 Å². The van der Waals surface area contributed by atoms with Gasteiger partial charge in [-0.3, -0.25) is 4.79 Å². The van der Waals surface area contributed by atoms with E-state index in [0.29, 0.717) is 30.6 Å². The minimum Gasteiger partial charge on any atom is -0.378 e. The molecule has 0 spiro atoms. The maximum atomic E-state index is 13.0. The molecule has 1 amide bonds. The number of ether oxygens (including phenoxy) is 1. The summed E-state index contributed by atoms with van der Waals surface area (Å²) >= 11 is 5.97. The minimum absolute atomic E-state index is 0.0397. The smallest absolute Gasteiger partial charge is 0.230 e. The Morgan fingerprint density at radius 2 is 1.79 bits per heavy atom. The zero-order chi connectivity index (χ0) is 23.3. The van der Waals surface area contributed by atoms with Gasteiger partial charge in [0.15, 0.2) is 5.82 Å². The number of nitrogens with zero attached hydrogens (tertiary/aromatic N) is 6. The molecule has 1 aromatic carbocycles. The zero-order valence-corrected chi connectivity index (χ0v) is 19.5. The van der Waals surface area contributed by atoms with Crippen LogP contribution in [-0.4, -0.2) is 65.5 Å². The molecule has 2 aromatic heterocycles. The topological polar surface area (TPSA) is 96.4 Å². The maximum Gasteiger partial charge on any atom is 0.230 e. The first-order chi connectivity index (χ1) is 16.7. The van der Waals surface area contributed by atoms with E-state index in [-0.39, 0.29) is 11.8 Å². The molecule has 3 aromatic rings. The molecule has 2 aliphatic rings. The van der Waals surface area contributed by atoms with Gasteiger partial charge in [0.2, 0.25) is 5.91 Å². The van der Waals surface area contributed by atoms with Gasteiger partial charge in [-0.25, -0.2) is 9.97 Å². The van der Waals surface area contributed by atoms with E-state index >= 15 is 0 Å². The van der Waals surface area contributed by atoms with Gasteiger partial charge in [-0.2, -0.15) is 0 Å². The highest BCUT2D eigenvalue weighted by molar-refractivity contribution is 6.30. The van der Waals surface area contributed by atoms with Crippen molar-refractivity contribution in [2.75, 3.05) is 54.5 Å². The molecule has 4 heterocycles. The average molecular weight is 480 g/mol. The summed E-state index contributed by atoms with van der Waals surface area (Å²) in [5.74, 6) is 1.89. The Hall–Kier alpha value is -3.30. The third kappa shape index (κ3) is 5.26. The lowest BCUT2D eigenvalue weighted by Gasteiger charge is -2.32. The van der Waals surface area contributed by atoms with Crippen LogP contribution in [-0.2, 0) is 9.53 Å². The SMILES string of the molecule is O=C(Nc1cc(N2CCOCC2)ncn1)C1CCCN(c2ccc(-c3ccc(Cl)cc3)nn2)C1. The Bertz CT molecular complexity index is 1120. The molecule has 10 heteroatoms. The van der Waals surface area contributed by atoms with Crippen molar-refractivity contribution in [2.45, 2.75) is 12.8 Å². The minimum atomic E-state index is -0.159. The zero-order valence-electron chi connectivity index (χ0n) is 18.7. The Morgan fingerprint density at radius 3 is 2.56 bits per heavy atom. The highest BCUT2D eigenvalue weighted by atomic mass is 35.5. The molecule has 1 atom stereocenters. The second kappa shape index (κ2) is 10.3. The van der Waals surface area contributed by atoms with Crippen LogP contribution in [0.1, 0.15) is 12.8 Å². The van der Waals surface area contributed by atoms with E-state index in [2.05, 4.69) is 35.3 Å². The number of amides is 1. The molecule has 1 N–H and O–H groups in total. The van der Waals surface area contributed by atoms with Crippen molar-refractivity contribution < 1.29 is 9.53 Å². The number of aromatic nitrogens is 4. The number of carbonyl (C=O) groups excluding carboxylic acids is 1. The number of rotatable bonds is 5. The number of piperidine rings is 1. The molecule has 0 radical (unpaired) electrons. The van der Waals surface area contributed by atoms with E-state index in [1.165, 1.54) is 6.33 Å². The van der Waals surface area contributed by atoms with Crippen LogP contribution in [0.3, 0.4) is 0 Å². The number of morpholine rings is 1. The van der Waals surface area contributed by atoms with Gasteiger partial charge in [0.25, 0.3) is 0 Å². The highest BCUT2D eigenvalue weighted by Gasteiger charge is 2.27. The second-order valence-electron chi connectivity index (χ2n) is 8.42. The first-order valence-corrected chi connectivity index (χ1v) is 11.8. The molecular weight excluding hydrogens is 454 g/mol. The van der Waals surface area contributed by atoms with Crippen molar-refractivity contribution >= 4 is 35.0 Å². The first kappa shape index (κ1) is 22.5. The number of nitrogens with one attached hydrogen (secondary N) is 1. The quantitative estimate of drug-likeness (QED) is 0.595. The van der Waals surface area contributed by atoms with Gasteiger partial charge in [0.1, 0.15) is 18.0 Å². The fraction of sp³-hybridized carbons (Fsp3) is 0.375. The summed E-state index contributed by atoms with van der Waals surface area (Å²) in [5, 5.41) is 12.5. The van der Waals surface area contributed by atoms with Crippen molar-refractivity contribution in [1.29, 1.82) is 0 Å². The molecule has 2 saturated heterocycles. The predicted molar refractivity (Wildman–Crippen MR) is 131 cm³/mol. The van der Waals surface area contributed by atoms with Crippen molar-refractivity contribution in [1.82, 2.24) is 20.2 Å². The van der Waals surface area contributed by atoms with Gasteiger partial charge in [0.05, 0.1) is 24.8 Å². The normalized spacial score (nSPS) is 18.6. The number of carbonyl (C=O) groups is 1. The molecule has 5 rings (SSSR count). The Balaban J connectivity index is 1.22. The monoisotopic (exact) mass is 479 g/mol. The lowest BCUT2D eigenvalue weighted by Crippen LogP contribution is -2.41. The van der Waals surface area contributed by atoms with Crippen LogP contribution < -0.4 is 15.1 Å². The summed E-state index contributed by atoms with van der Waals surface area (Å²) in [7, 11) is 0.